The van der Waals surface area contributed by atoms with Gasteiger partial charge in [0.05, 0.1) is 18.7 Å². The van der Waals surface area contributed by atoms with Crippen molar-refractivity contribution in [3.63, 3.8) is 0 Å². The third-order valence-electron chi connectivity index (χ3n) is 3.77. The quantitative estimate of drug-likeness (QED) is 0.836. The second-order valence-electron chi connectivity index (χ2n) is 5.14. The second kappa shape index (κ2) is 6.92. The number of para-hydroxylation sites is 1. The molecule has 0 aromatic heterocycles. The number of ether oxygens (including phenoxy) is 1. The monoisotopic (exact) mass is 280 g/mol. The summed E-state index contributed by atoms with van der Waals surface area (Å²) in [5.41, 5.74) is 3.06. The van der Waals surface area contributed by atoms with Gasteiger partial charge in [-0.15, -0.1) is 0 Å². The lowest BCUT2D eigenvalue weighted by Gasteiger charge is -2.26. The molecule has 2 aromatic carbocycles. The topological polar surface area (TPSA) is 36.3 Å². The minimum atomic E-state index is 0.247. The third kappa shape index (κ3) is 3.62. The van der Waals surface area contributed by atoms with Gasteiger partial charge in [-0.3, -0.25) is 4.90 Å². The highest BCUT2D eigenvalue weighted by Gasteiger charge is 2.15. The van der Waals surface area contributed by atoms with Crippen molar-refractivity contribution in [3.05, 3.63) is 65.2 Å². The van der Waals surface area contributed by atoms with Crippen LogP contribution in [0.15, 0.2) is 48.5 Å². The van der Waals surface area contributed by atoms with E-state index in [-0.39, 0.29) is 6.04 Å². The number of rotatable bonds is 5. The molecule has 3 heteroatoms. The van der Waals surface area contributed by atoms with Crippen molar-refractivity contribution in [1.29, 1.82) is 5.26 Å². The van der Waals surface area contributed by atoms with Crippen LogP contribution in [-0.2, 0) is 6.54 Å². The van der Waals surface area contributed by atoms with Gasteiger partial charge in [-0.05, 0) is 37.7 Å². The molecule has 0 fully saturated rings. The first kappa shape index (κ1) is 15.1. The summed E-state index contributed by atoms with van der Waals surface area (Å²) in [5, 5.41) is 8.83. The first-order chi connectivity index (χ1) is 10.2. The molecule has 108 valence electrons. The Kier molecular flexibility index (Phi) is 4.97. The molecular weight excluding hydrogens is 260 g/mol. The Balaban J connectivity index is 2.11. The van der Waals surface area contributed by atoms with Crippen molar-refractivity contribution >= 4 is 0 Å². The molecule has 0 N–H and O–H groups in total. The molecule has 0 radical (unpaired) electrons. The maximum atomic E-state index is 8.83. The number of methoxy groups -OCH3 is 1. The zero-order valence-electron chi connectivity index (χ0n) is 12.7. The fourth-order valence-electron chi connectivity index (χ4n) is 2.36. The van der Waals surface area contributed by atoms with E-state index < -0.39 is 0 Å². The summed E-state index contributed by atoms with van der Waals surface area (Å²) in [5.74, 6) is 0.914. The van der Waals surface area contributed by atoms with E-state index in [1.54, 1.807) is 7.11 Å². The molecule has 2 aromatic rings. The highest BCUT2D eigenvalue weighted by molar-refractivity contribution is 5.36. The summed E-state index contributed by atoms with van der Waals surface area (Å²) in [6.45, 7) is 2.99. The van der Waals surface area contributed by atoms with Gasteiger partial charge in [0, 0.05) is 18.2 Å². The van der Waals surface area contributed by atoms with Crippen LogP contribution >= 0.6 is 0 Å². The van der Waals surface area contributed by atoms with E-state index in [4.69, 9.17) is 10.00 Å². The Morgan fingerprint density at radius 1 is 1.14 bits per heavy atom. The Morgan fingerprint density at radius 2 is 1.81 bits per heavy atom. The van der Waals surface area contributed by atoms with Gasteiger partial charge in [-0.25, -0.2) is 0 Å². The van der Waals surface area contributed by atoms with Gasteiger partial charge in [-0.1, -0.05) is 30.3 Å². The predicted molar refractivity (Wildman–Crippen MR) is 84.0 cm³/mol. The lowest BCUT2D eigenvalue weighted by Crippen LogP contribution is -2.22. The third-order valence-corrected chi connectivity index (χ3v) is 3.77. The van der Waals surface area contributed by atoms with E-state index in [1.807, 2.05) is 42.5 Å². The van der Waals surface area contributed by atoms with Crippen molar-refractivity contribution in [3.8, 4) is 11.8 Å². The first-order valence-electron chi connectivity index (χ1n) is 6.98. The number of nitriles is 1. The van der Waals surface area contributed by atoms with Crippen molar-refractivity contribution in [2.24, 2.45) is 0 Å². The average Bonchev–Trinajstić information content (AvgIpc) is 2.54. The van der Waals surface area contributed by atoms with Gasteiger partial charge in [0.15, 0.2) is 0 Å². The van der Waals surface area contributed by atoms with Gasteiger partial charge < -0.3 is 4.74 Å². The zero-order valence-corrected chi connectivity index (χ0v) is 12.7. The average molecular weight is 280 g/mol. The van der Waals surface area contributed by atoms with E-state index in [0.29, 0.717) is 5.56 Å². The lowest BCUT2D eigenvalue weighted by molar-refractivity contribution is 0.247. The van der Waals surface area contributed by atoms with Crippen LogP contribution in [0, 0.1) is 11.3 Å². The molecule has 0 saturated carbocycles. The van der Waals surface area contributed by atoms with E-state index >= 15 is 0 Å². The highest BCUT2D eigenvalue weighted by atomic mass is 16.5. The normalized spacial score (nSPS) is 12.0. The van der Waals surface area contributed by atoms with Crippen molar-refractivity contribution in [2.45, 2.75) is 19.5 Å². The number of hydrogen-bond acceptors (Lipinski definition) is 3. The smallest absolute Gasteiger partial charge is 0.123 e. The second-order valence-corrected chi connectivity index (χ2v) is 5.14. The van der Waals surface area contributed by atoms with Crippen molar-refractivity contribution in [1.82, 2.24) is 4.90 Å². The molecule has 0 aliphatic heterocycles. The van der Waals surface area contributed by atoms with Gasteiger partial charge >= 0.3 is 0 Å². The van der Waals surface area contributed by atoms with Gasteiger partial charge in [0.1, 0.15) is 5.75 Å². The predicted octanol–water partition coefficient (Wildman–Crippen LogP) is 3.76. The molecule has 3 nitrogen and oxygen atoms in total. The molecule has 0 saturated heterocycles. The zero-order chi connectivity index (χ0) is 15.2. The Labute approximate surface area is 126 Å². The summed E-state index contributed by atoms with van der Waals surface area (Å²) in [6, 6.07) is 18.2. The molecule has 0 heterocycles. The van der Waals surface area contributed by atoms with Gasteiger partial charge in [0.2, 0.25) is 0 Å². The van der Waals surface area contributed by atoms with Crippen LogP contribution in [0.3, 0.4) is 0 Å². The molecule has 0 aliphatic rings. The standard InChI is InChI=1S/C18H20N2O/c1-14(17-6-4-5-7-18(17)21-3)20(2)13-16-10-8-15(12-19)9-11-16/h4-11,14H,13H2,1-3H3/t14-/m0/s1. The highest BCUT2D eigenvalue weighted by Crippen LogP contribution is 2.28. The number of hydrogen-bond donors (Lipinski definition) is 0. The largest absolute Gasteiger partial charge is 0.496 e. The summed E-state index contributed by atoms with van der Waals surface area (Å²) < 4.78 is 5.43. The fourth-order valence-corrected chi connectivity index (χ4v) is 2.36. The van der Waals surface area contributed by atoms with E-state index in [0.717, 1.165) is 12.3 Å². The van der Waals surface area contributed by atoms with E-state index in [1.165, 1.54) is 11.1 Å². The molecule has 0 unspecified atom stereocenters. The fraction of sp³-hybridized carbons (Fsp3) is 0.278. The van der Waals surface area contributed by atoms with Crippen LogP contribution < -0.4 is 4.74 Å². The molecular formula is C18H20N2O. The molecule has 1 atom stereocenters. The summed E-state index contributed by atoms with van der Waals surface area (Å²) in [6.07, 6.45) is 0. The molecule has 0 spiro atoms. The minimum absolute atomic E-state index is 0.247. The number of benzene rings is 2. The summed E-state index contributed by atoms with van der Waals surface area (Å²) in [4.78, 5) is 2.26. The number of nitrogens with zero attached hydrogens (tertiary/aromatic N) is 2. The van der Waals surface area contributed by atoms with Gasteiger partial charge in [-0.2, -0.15) is 5.26 Å². The Morgan fingerprint density at radius 3 is 2.43 bits per heavy atom. The molecule has 2 rings (SSSR count). The van der Waals surface area contributed by atoms with Crippen LogP contribution in [0.25, 0.3) is 0 Å². The van der Waals surface area contributed by atoms with E-state index in [9.17, 15) is 0 Å². The summed E-state index contributed by atoms with van der Waals surface area (Å²) in [7, 11) is 3.79. The molecule has 21 heavy (non-hydrogen) atoms. The van der Waals surface area contributed by atoms with Gasteiger partial charge in [0.25, 0.3) is 0 Å². The lowest BCUT2D eigenvalue weighted by atomic mass is 10.0. The van der Waals surface area contributed by atoms with Crippen LogP contribution in [0.4, 0.5) is 0 Å². The molecule has 0 amide bonds. The molecule has 0 bridgehead atoms. The SMILES string of the molecule is COc1ccccc1[C@H](C)N(C)Cc1ccc(C#N)cc1. The van der Waals surface area contributed by atoms with Crippen molar-refractivity contribution < 1.29 is 4.74 Å². The molecule has 0 aliphatic carbocycles. The van der Waals surface area contributed by atoms with Crippen LogP contribution in [0.2, 0.25) is 0 Å². The first-order valence-corrected chi connectivity index (χ1v) is 6.98. The maximum Gasteiger partial charge on any atom is 0.123 e. The maximum absolute atomic E-state index is 8.83. The van der Waals surface area contributed by atoms with Crippen molar-refractivity contribution in [2.75, 3.05) is 14.2 Å². The van der Waals surface area contributed by atoms with E-state index in [2.05, 4.69) is 31.0 Å². The summed E-state index contributed by atoms with van der Waals surface area (Å²) >= 11 is 0. The van der Waals surface area contributed by atoms with Crippen LogP contribution in [0.5, 0.6) is 5.75 Å². The van der Waals surface area contributed by atoms with Crippen LogP contribution in [-0.4, -0.2) is 19.1 Å². The Bertz CT molecular complexity index is 628. The minimum Gasteiger partial charge on any atom is -0.496 e. The van der Waals surface area contributed by atoms with Crippen LogP contribution in [0.1, 0.15) is 29.7 Å². The Hall–Kier alpha value is -2.31.